The molecule has 4 nitrogen and oxygen atoms in total. The van der Waals surface area contributed by atoms with Gasteiger partial charge in [-0.2, -0.15) is 0 Å². The number of rotatable bonds is 7. The quantitative estimate of drug-likeness (QED) is 0.780. The van der Waals surface area contributed by atoms with Crippen LogP contribution in [0.1, 0.15) is 46.0 Å². The number of hydrogen-bond donors (Lipinski definition) is 1. The summed E-state index contributed by atoms with van der Waals surface area (Å²) in [6.45, 7) is 12.2. The Hall–Kier alpha value is -0.610. The molecular formula is C17H33N3O. The molecule has 1 N–H and O–H groups in total. The molecule has 0 spiro atoms. The van der Waals surface area contributed by atoms with Gasteiger partial charge in [0.25, 0.3) is 0 Å². The van der Waals surface area contributed by atoms with Crippen molar-refractivity contribution in [2.45, 2.75) is 46.0 Å². The van der Waals surface area contributed by atoms with Crippen LogP contribution in [0.15, 0.2) is 0 Å². The highest BCUT2D eigenvalue weighted by molar-refractivity contribution is 5.76. The lowest BCUT2D eigenvalue weighted by Gasteiger charge is -2.34. The maximum atomic E-state index is 12.3. The number of carbonyl (C=O) groups excluding carboxylic acids is 1. The minimum absolute atomic E-state index is 0.392. The van der Waals surface area contributed by atoms with Gasteiger partial charge in [0.05, 0.1) is 0 Å². The van der Waals surface area contributed by atoms with Gasteiger partial charge in [-0.1, -0.05) is 13.8 Å². The minimum atomic E-state index is 0.392. The van der Waals surface area contributed by atoms with E-state index in [1.165, 1.54) is 25.8 Å². The summed E-state index contributed by atoms with van der Waals surface area (Å²) in [5, 5.41) is 3.38. The maximum absolute atomic E-state index is 12.3. The summed E-state index contributed by atoms with van der Waals surface area (Å²) in [6.07, 6.45) is 5.46. The third-order valence-electron chi connectivity index (χ3n) is 5.31. The predicted molar refractivity (Wildman–Crippen MR) is 87.3 cm³/mol. The van der Waals surface area contributed by atoms with Crippen LogP contribution < -0.4 is 5.32 Å². The lowest BCUT2D eigenvalue weighted by atomic mass is 9.95. The summed E-state index contributed by atoms with van der Waals surface area (Å²) in [5.41, 5.74) is 0. The molecular weight excluding hydrogens is 262 g/mol. The van der Waals surface area contributed by atoms with E-state index in [-0.39, 0.29) is 0 Å². The van der Waals surface area contributed by atoms with Gasteiger partial charge in [0.1, 0.15) is 0 Å². The average Bonchev–Trinajstić information content (AvgIpc) is 3.04. The van der Waals surface area contributed by atoms with Gasteiger partial charge in [-0.15, -0.1) is 0 Å². The van der Waals surface area contributed by atoms with E-state index in [9.17, 15) is 4.79 Å². The molecule has 0 saturated carbocycles. The Labute approximate surface area is 130 Å². The van der Waals surface area contributed by atoms with Crippen molar-refractivity contribution >= 4 is 5.91 Å². The van der Waals surface area contributed by atoms with Crippen LogP contribution in [-0.4, -0.2) is 61.5 Å². The van der Waals surface area contributed by atoms with Crippen molar-refractivity contribution < 1.29 is 4.79 Å². The first-order valence-corrected chi connectivity index (χ1v) is 8.93. The average molecular weight is 295 g/mol. The predicted octanol–water partition coefficient (Wildman–Crippen LogP) is 1.96. The van der Waals surface area contributed by atoms with Gasteiger partial charge in [-0.25, -0.2) is 0 Å². The first-order chi connectivity index (χ1) is 10.2. The lowest BCUT2D eigenvalue weighted by Crippen LogP contribution is -2.41. The summed E-state index contributed by atoms with van der Waals surface area (Å²) >= 11 is 0. The Morgan fingerprint density at radius 1 is 1.14 bits per heavy atom. The van der Waals surface area contributed by atoms with Gasteiger partial charge in [-0.3, -0.25) is 4.79 Å². The Morgan fingerprint density at radius 3 is 2.43 bits per heavy atom. The summed E-state index contributed by atoms with van der Waals surface area (Å²) < 4.78 is 0. The summed E-state index contributed by atoms with van der Waals surface area (Å²) in [5.74, 6) is 1.91. The van der Waals surface area contributed by atoms with Gasteiger partial charge in [-0.05, 0) is 63.7 Å². The molecule has 0 aromatic heterocycles. The van der Waals surface area contributed by atoms with Crippen LogP contribution in [0.4, 0.5) is 0 Å². The molecule has 2 aliphatic heterocycles. The van der Waals surface area contributed by atoms with Crippen LogP contribution in [0.5, 0.6) is 0 Å². The smallest absolute Gasteiger partial charge is 0.222 e. The van der Waals surface area contributed by atoms with Crippen molar-refractivity contribution in [2.24, 2.45) is 11.8 Å². The Morgan fingerprint density at radius 2 is 1.86 bits per heavy atom. The molecule has 0 radical (unpaired) electrons. The maximum Gasteiger partial charge on any atom is 0.222 e. The number of piperidine rings is 1. The zero-order chi connectivity index (χ0) is 15.1. The first kappa shape index (κ1) is 16.8. The third-order valence-corrected chi connectivity index (χ3v) is 5.31. The van der Waals surface area contributed by atoms with Crippen molar-refractivity contribution in [1.82, 2.24) is 15.1 Å². The number of hydrogen-bond acceptors (Lipinski definition) is 3. The molecule has 122 valence electrons. The second kappa shape index (κ2) is 8.74. The highest BCUT2D eigenvalue weighted by Gasteiger charge is 2.24. The molecule has 2 aliphatic rings. The molecule has 2 saturated heterocycles. The second-order valence-electron chi connectivity index (χ2n) is 6.71. The molecule has 0 bridgehead atoms. The molecule has 0 aromatic carbocycles. The fourth-order valence-corrected chi connectivity index (χ4v) is 3.66. The first-order valence-electron chi connectivity index (χ1n) is 8.93. The minimum Gasteiger partial charge on any atom is -0.343 e. The molecule has 1 amide bonds. The summed E-state index contributed by atoms with van der Waals surface area (Å²) in [4.78, 5) is 16.9. The third kappa shape index (κ3) is 5.26. The zero-order valence-electron chi connectivity index (χ0n) is 13.9. The van der Waals surface area contributed by atoms with Crippen molar-refractivity contribution in [1.29, 1.82) is 0 Å². The molecule has 1 unspecified atom stereocenters. The molecule has 21 heavy (non-hydrogen) atoms. The van der Waals surface area contributed by atoms with Gasteiger partial charge in [0.15, 0.2) is 0 Å². The SMILES string of the molecule is CCN(CC)CC1CCN(C(=O)CCC2CCNC2)CC1. The molecule has 0 aliphatic carbocycles. The van der Waals surface area contributed by atoms with E-state index in [4.69, 9.17) is 0 Å². The van der Waals surface area contributed by atoms with Crippen LogP contribution in [0.2, 0.25) is 0 Å². The van der Waals surface area contributed by atoms with E-state index in [1.54, 1.807) is 0 Å². The standard InChI is InChI=1S/C17H33N3O/c1-3-19(4-2)14-16-8-11-20(12-9-16)17(21)6-5-15-7-10-18-13-15/h15-16,18H,3-14H2,1-2H3. The molecule has 2 fully saturated rings. The van der Waals surface area contributed by atoms with E-state index in [2.05, 4.69) is 29.0 Å². The van der Waals surface area contributed by atoms with Gasteiger partial charge in [0.2, 0.25) is 5.91 Å². The van der Waals surface area contributed by atoms with Gasteiger partial charge in [0, 0.05) is 26.1 Å². The largest absolute Gasteiger partial charge is 0.343 e. The normalized spacial score (nSPS) is 24.0. The van der Waals surface area contributed by atoms with Crippen molar-refractivity contribution in [2.75, 3.05) is 45.8 Å². The molecule has 2 heterocycles. The molecule has 0 aromatic rings. The lowest BCUT2D eigenvalue weighted by molar-refractivity contribution is -0.133. The van der Waals surface area contributed by atoms with E-state index in [0.717, 1.165) is 63.9 Å². The van der Waals surface area contributed by atoms with E-state index in [0.29, 0.717) is 5.91 Å². The van der Waals surface area contributed by atoms with Crippen LogP contribution in [-0.2, 0) is 4.79 Å². The zero-order valence-corrected chi connectivity index (χ0v) is 13.9. The van der Waals surface area contributed by atoms with Crippen molar-refractivity contribution in [3.63, 3.8) is 0 Å². The number of nitrogens with zero attached hydrogens (tertiary/aromatic N) is 2. The number of amides is 1. The molecule has 4 heteroatoms. The monoisotopic (exact) mass is 295 g/mol. The number of likely N-dealkylation sites (tertiary alicyclic amines) is 1. The fourth-order valence-electron chi connectivity index (χ4n) is 3.66. The van der Waals surface area contributed by atoms with E-state index < -0.39 is 0 Å². The van der Waals surface area contributed by atoms with Crippen molar-refractivity contribution in [3.8, 4) is 0 Å². The summed E-state index contributed by atoms with van der Waals surface area (Å²) in [6, 6.07) is 0. The molecule has 2 rings (SSSR count). The fraction of sp³-hybridized carbons (Fsp3) is 0.941. The van der Waals surface area contributed by atoms with Gasteiger partial charge < -0.3 is 15.1 Å². The van der Waals surface area contributed by atoms with Crippen LogP contribution in [0.25, 0.3) is 0 Å². The second-order valence-corrected chi connectivity index (χ2v) is 6.71. The Bertz CT molecular complexity index is 303. The molecule has 1 atom stereocenters. The van der Waals surface area contributed by atoms with Crippen LogP contribution in [0, 0.1) is 11.8 Å². The number of nitrogens with one attached hydrogen (secondary N) is 1. The highest BCUT2D eigenvalue weighted by Crippen LogP contribution is 2.21. The summed E-state index contributed by atoms with van der Waals surface area (Å²) in [7, 11) is 0. The van der Waals surface area contributed by atoms with Crippen molar-refractivity contribution in [3.05, 3.63) is 0 Å². The topological polar surface area (TPSA) is 35.6 Å². The van der Waals surface area contributed by atoms with Crippen LogP contribution >= 0.6 is 0 Å². The van der Waals surface area contributed by atoms with Gasteiger partial charge >= 0.3 is 0 Å². The Balaban J connectivity index is 1.64. The number of carbonyl (C=O) groups is 1. The Kier molecular flexibility index (Phi) is 6.97. The van der Waals surface area contributed by atoms with E-state index >= 15 is 0 Å². The highest BCUT2D eigenvalue weighted by atomic mass is 16.2. The van der Waals surface area contributed by atoms with E-state index in [1.807, 2.05) is 0 Å². The van der Waals surface area contributed by atoms with Crippen LogP contribution in [0.3, 0.4) is 0 Å².